The molecule has 1 heterocycles. The molecule has 2 aliphatic carbocycles. The summed E-state index contributed by atoms with van der Waals surface area (Å²) in [6.45, 7) is 0. The molecule has 1 nitrogen and oxygen atoms in total. The smallest absolute Gasteiger partial charge is 0.163 e. The summed E-state index contributed by atoms with van der Waals surface area (Å²) in [5.74, 6) is 3.98. The van der Waals surface area contributed by atoms with Gasteiger partial charge in [-0.3, -0.25) is 4.79 Å². The largest absolute Gasteiger partial charge is 0.294 e. The Hall–Kier alpha value is 0.110. The van der Waals surface area contributed by atoms with Crippen LogP contribution in [0, 0.1) is 11.8 Å². The van der Waals surface area contributed by atoms with Gasteiger partial charge in [0.05, 0.1) is 0 Å². The molecule has 0 radical (unpaired) electrons. The van der Waals surface area contributed by atoms with E-state index in [-0.39, 0.29) is 0 Å². The standard InChI is InChI=1S/C11H14OS2/c12-10-8-3-2-7(6-8)9(10)11-13-4-1-5-14-11/h7-8H,1-6H2/t7-,8+/m1/s1. The van der Waals surface area contributed by atoms with Gasteiger partial charge in [0.1, 0.15) is 0 Å². The lowest BCUT2D eigenvalue weighted by Crippen LogP contribution is -2.14. The molecule has 0 spiro atoms. The van der Waals surface area contributed by atoms with E-state index in [0.717, 1.165) is 6.42 Å². The van der Waals surface area contributed by atoms with Crippen molar-refractivity contribution in [1.82, 2.24) is 0 Å². The Morgan fingerprint density at radius 2 is 1.79 bits per heavy atom. The fourth-order valence-corrected chi connectivity index (χ4v) is 5.57. The van der Waals surface area contributed by atoms with Gasteiger partial charge >= 0.3 is 0 Å². The summed E-state index contributed by atoms with van der Waals surface area (Å²) in [5.41, 5.74) is 1.23. The van der Waals surface area contributed by atoms with Crippen molar-refractivity contribution in [3.05, 3.63) is 9.81 Å². The first-order valence-electron chi connectivity index (χ1n) is 5.40. The number of rotatable bonds is 0. The predicted octanol–water partition coefficient (Wildman–Crippen LogP) is 3.07. The van der Waals surface area contributed by atoms with Crippen LogP contribution in [0.5, 0.6) is 0 Å². The molecule has 1 aliphatic heterocycles. The van der Waals surface area contributed by atoms with Gasteiger partial charge in [0.15, 0.2) is 5.78 Å². The normalized spacial score (nSPS) is 37.0. The van der Waals surface area contributed by atoms with Crippen LogP contribution in [0.2, 0.25) is 0 Å². The molecule has 0 aromatic rings. The van der Waals surface area contributed by atoms with Gasteiger partial charge in [0, 0.05) is 15.7 Å². The van der Waals surface area contributed by atoms with Gasteiger partial charge in [-0.2, -0.15) is 0 Å². The van der Waals surface area contributed by atoms with Gasteiger partial charge in [-0.15, -0.1) is 23.5 Å². The summed E-state index contributed by atoms with van der Waals surface area (Å²) in [7, 11) is 0. The van der Waals surface area contributed by atoms with Crippen LogP contribution in [-0.4, -0.2) is 17.3 Å². The van der Waals surface area contributed by atoms with Crippen LogP contribution >= 0.6 is 23.5 Å². The van der Waals surface area contributed by atoms with Crippen molar-refractivity contribution < 1.29 is 4.79 Å². The van der Waals surface area contributed by atoms with E-state index >= 15 is 0 Å². The Kier molecular flexibility index (Phi) is 2.40. The molecule has 2 atom stereocenters. The van der Waals surface area contributed by atoms with E-state index < -0.39 is 0 Å². The molecule has 0 unspecified atom stereocenters. The van der Waals surface area contributed by atoms with Crippen LogP contribution in [0.1, 0.15) is 25.7 Å². The molecule has 0 aromatic carbocycles. The molecule has 3 fully saturated rings. The maximum Gasteiger partial charge on any atom is 0.163 e. The summed E-state index contributed by atoms with van der Waals surface area (Å²) >= 11 is 3.85. The van der Waals surface area contributed by atoms with E-state index in [1.807, 2.05) is 23.5 Å². The highest BCUT2D eigenvalue weighted by molar-refractivity contribution is 8.22. The monoisotopic (exact) mass is 226 g/mol. The molecular formula is C11H14OS2. The van der Waals surface area contributed by atoms with Crippen molar-refractivity contribution in [1.29, 1.82) is 0 Å². The Bertz CT molecular complexity index is 300. The molecule has 0 amide bonds. The average Bonchev–Trinajstić information content (AvgIpc) is 2.79. The summed E-state index contributed by atoms with van der Waals surface area (Å²) in [6, 6.07) is 0. The first-order valence-corrected chi connectivity index (χ1v) is 7.37. The first-order chi connectivity index (χ1) is 6.86. The van der Waals surface area contributed by atoms with Crippen molar-refractivity contribution >= 4 is 29.3 Å². The maximum atomic E-state index is 12.0. The summed E-state index contributed by atoms with van der Waals surface area (Å²) in [4.78, 5) is 12.0. The fourth-order valence-electron chi connectivity index (χ4n) is 2.76. The zero-order valence-electron chi connectivity index (χ0n) is 8.12. The van der Waals surface area contributed by atoms with Gasteiger partial charge in [-0.05, 0) is 43.1 Å². The number of thioether (sulfide) groups is 2. The highest BCUT2D eigenvalue weighted by Crippen LogP contribution is 2.51. The summed E-state index contributed by atoms with van der Waals surface area (Å²) < 4.78 is 1.38. The number of carbonyl (C=O) groups is 1. The number of fused-ring (bicyclic) bond motifs is 2. The average molecular weight is 226 g/mol. The molecule has 76 valence electrons. The van der Waals surface area contributed by atoms with E-state index in [9.17, 15) is 4.79 Å². The van der Waals surface area contributed by atoms with E-state index in [2.05, 4.69) is 0 Å². The lowest BCUT2D eigenvalue weighted by Gasteiger charge is -2.20. The number of hydrogen-bond donors (Lipinski definition) is 0. The van der Waals surface area contributed by atoms with Gasteiger partial charge in [0.2, 0.25) is 0 Å². The van der Waals surface area contributed by atoms with Gasteiger partial charge < -0.3 is 0 Å². The molecule has 3 heteroatoms. The predicted molar refractivity (Wildman–Crippen MR) is 62.4 cm³/mol. The van der Waals surface area contributed by atoms with Gasteiger partial charge in [-0.25, -0.2) is 0 Å². The molecule has 0 N–H and O–H groups in total. The Balaban J connectivity index is 1.93. The SMILES string of the molecule is O=C1C(=C2SCCCS2)[C@@H]2CC[C@H]1C2. The lowest BCUT2D eigenvalue weighted by molar-refractivity contribution is -0.118. The lowest BCUT2D eigenvalue weighted by atomic mass is 9.95. The second-order valence-corrected chi connectivity index (χ2v) is 6.79. The minimum Gasteiger partial charge on any atom is -0.294 e. The van der Waals surface area contributed by atoms with Crippen molar-refractivity contribution in [3.8, 4) is 0 Å². The molecule has 3 aliphatic rings. The van der Waals surface area contributed by atoms with E-state index in [1.165, 1.54) is 40.6 Å². The van der Waals surface area contributed by atoms with Crippen LogP contribution < -0.4 is 0 Å². The van der Waals surface area contributed by atoms with Crippen molar-refractivity contribution in [2.75, 3.05) is 11.5 Å². The fraction of sp³-hybridized carbons (Fsp3) is 0.727. The number of ketones is 1. The van der Waals surface area contributed by atoms with Crippen LogP contribution in [0.3, 0.4) is 0 Å². The Morgan fingerprint density at radius 1 is 1.07 bits per heavy atom. The number of carbonyl (C=O) groups excluding carboxylic acids is 1. The molecule has 2 bridgehead atoms. The third-order valence-electron chi connectivity index (χ3n) is 3.45. The van der Waals surface area contributed by atoms with E-state index in [4.69, 9.17) is 0 Å². The van der Waals surface area contributed by atoms with Crippen LogP contribution in [0.15, 0.2) is 9.81 Å². The first kappa shape index (κ1) is 9.34. The van der Waals surface area contributed by atoms with Crippen molar-refractivity contribution in [3.63, 3.8) is 0 Å². The highest BCUT2D eigenvalue weighted by Gasteiger charge is 2.44. The second-order valence-electron chi connectivity index (χ2n) is 4.32. The molecule has 3 rings (SSSR count). The Labute approximate surface area is 93.1 Å². The number of allylic oxidation sites excluding steroid dienone is 1. The van der Waals surface area contributed by atoms with E-state index in [1.54, 1.807) is 0 Å². The van der Waals surface area contributed by atoms with Gasteiger partial charge in [-0.1, -0.05) is 0 Å². The topological polar surface area (TPSA) is 17.1 Å². The second kappa shape index (κ2) is 3.60. The minimum atomic E-state index is 0.408. The third kappa shape index (κ3) is 1.36. The Morgan fingerprint density at radius 3 is 2.43 bits per heavy atom. The van der Waals surface area contributed by atoms with Crippen LogP contribution in [-0.2, 0) is 4.79 Å². The number of Topliss-reactive ketones (excluding diaryl/α,β-unsaturated/α-hetero) is 1. The summed E-state index contributed by atoms with van der Waals surface area (Å²) in [5, 5.41) is 0. The van der Waals surface area contributed by atoms with Crippen LogP contribution in [0.4, 0.5) is 0 Å². The molecule has 2 saturated carbocycles. The maximum absolute atomic E-state index is 12.0. The van der Waals surface area contributed by atoms with Gasteiger partial charge in [0.25, 0.3) is 0 Å². The molecular weight excluding hydrogens is 212 g/mol. The minimum absolute atomic E-state index is 0.408. The van der Waals surface area contributed by atoms with Crippen molar-refractivity contribution in [2.24, 2.45) is 11.8 Å². The van der Waals surface area contributed by atoms with Crippen LogP contribution in [0.25, 0.3) is 0 Å². The highest BCUT2D eigenvalue weighted by atomic mass is 32.2. The zero-order chi connectivity index (χ0) is 9.54. The quantitative estimate of drug-likeness (QED) is 0.591. The zero-order valence-corrected chi connectivity index (χ0v) is 9.76. The third-order valence-corrected chi connectivity index (χ3v) is 6.11. The number of hydrogen-bond acceptors (Lipinski definition) is 3. The van der Waals surface area contributed by atoms with E-state index in [0.29, 0.717) is 17.6 Å². The molecule has 14 heavy (non-hydrogen) atoms. The van der Waals surface area contributed by atoms with Crippen molar-refractivity contribution in [2.45, 2.75) is 25.7 Å². The summed E-state index contributed by atoms with van der Waals surface area (Å²) in [6.07, 6.45) is 4.90. The molecule has 0 aromatic heterocycles. The molecule has 1 saturated heterocycles.